The van der Waals surface area contributed by atoms with E-state index in [4.69, 9.17) is 0 Å². The monoisotopic (exact) mass is 368 g/mol. The minimum Gasteiger partial charge on any atom is -0.342 e. The van der Waals surface area contributed by atoms with E-state index in [1.165, 1.54) is 28.1 Å². The molecule has 142 valence electrons. The van der Waals surface area contributed by atoms with Crippen LogP contribution in [0.4, 0.5) is 11.4 Å². The van der Waals surface area contributed by atoms with Crippen molar-refractivity contribution < 1.29 is 0 Å². The number of benzene rings is 3. The summed E-state index contributed by atoms with van der Waals surface area (Å²) in [6.07, 6.45) is 0.199. The van der Waals surface area contributed by atoms with E-state index in [9.17, 15) is 0 Å². The van der Waals surface area contributed by atoms with Crippen molar-refractivity contribution in [3.63, 3.8) is 0 Å². The molecule has 3 aromatic rings. The Bertz CT molecular complexity index is 1010. The summed E-state index contributed by atoms with van der Waals surface area (Å²) in [5, 5.41) is 0. The number of anilines is 2. The Hall–Kier alpha value is -2.74. The molecule has 0 bridgehead atoms. The second kappa shape index (κ2) is 6.13. The van der Waals surface area contributed by atoms with Crippen molar-refractivity contribution in [3.8, 4) is 0 Å². The molecular formula is C26H28N2. The summed E-state index contributed by atoms with van der Waals surface area (Å²) in [4.78, 5) is 5.33. The minimum absolute atomic E-state index is 0.0977. The third-order valence-corrected chi connectivity index (χ3v) is 6.83. The van der Waals surface area contributed by atoms with Gasteiger partial charge in [-0.15, -0.1) is 0 Å². The highest BCUT2D eigenvalue weighted by molar-refractivity contribution is 5.72. The summed E-state index contributed by atoms with van der Waals surface area (Å²) in [6.45, 7) is 9.46. The molecular weight excluding hydrogens is 340 g/mol. The average Bonchev–Trinajstić information content (AvgIpc) is 3.14. The van der Waals surface area contributed by atoms with Gasteiger partial charge in [0.05, 0.1) is 6.04 Å². The standard InChI is InChI=1S/C26H28N2/c1-18-12-8-10-16-22(18)27-19(2)24-26(3,4)21-15-9-11-17-23(21)28(24)25(27)20-13-6-5-7-14-20/h5-17,19,24-25H,1-4H3/t19-,24?,25?/m0/s1. The number of nitrogens with zero attached hydrogens (tertiary/aromatic N) is 2. The van der Waals surface area contributed by atoms with Gasteiger partial charge in [-0.1, -0.05) is 80.6 Å². The number of hydrogen-bond acceptors (Lipinski definition) is 2. The molecule has 0 saturated carbocycles. The lowest BCUT2D eigenvalue weighted by atomic mass is 9.78. The van der Waals surface area contributed by atoms with E-state index in [0.29, 0.717) is 12.1 Å². The van der Waals surface area contributed by atoms with Gasteiger partial charge in [-0.3, -0.25) is 0 Å². The lowest BCUT2D eigenvalue weighted by Crippen LogP contribution is -2.44. The van der Waals surface area contributed by atoms with E-state index in [1.807, 2.05) is 0 Å². The maximum Gasteiger partial charge on any atom is 0.129 e. The van der Waals surface area contributed by atoms with Gasteiger partial charge >= 0.3 is 0 Å². The Labute approximate surface area is 168 Å². The number of aryl methyl sites for hydroxylation is 1. The van der Waals surface area contributed by atoms with Gasteiger partial charge in [-0.25, -0.2) is 0 Å². The fraction of sp³-hybridized carbons (Fsp3) is 0.308. The summed E-state index contributed by atoms with van der Waals surface area (Å²) < 4.78 is 0. The minimum atomic E-state index is 0.0977. The van der Waals surface area contributed by atoms with Gasteiger partial charge in [0.25, 0.3) is 0 Å². The molecule has 0 N–H and O–H groups in total. The van der Waals surface area contributed by atoms with Crippen molar-refractivity contribution >= 4 is 11.4 Å². The van der Waals surface area contributed by atoms with Crippen molar-refractivity contribution in [2.24, 2.45) is 0 Å². The van der Waals surface area contributed by atoms with Crippen LogP contribution < -0.4 is 9.80 Å². The molecule has 3 atom stereocenters. The Balaban J connectivity index is 1.76. The molecule has 0 aliphatic carbocycles. The van der Waals surface area contributed by atoms with Crippen LogP contribution in [0.2, 0.25) is 0 Å². The molecule has 1 fully saturated rings. The Morgan fingerprint density at radius 2 is 1.32 bits per heavy atom. The van der Waals surface area contributed by atoms with Crippen LogP contribution in [0.1, 0.15) is 43.6 Å². The maximum absolute atomic E-state index is 2.68. The third-order valence-electron chi connectivity index (χ3n) is 6.83. The van der Waals surface area contributed by atoms with Gasteiger partial charge in [-0.05, 0) is 42.7 Å². The molecule has 0 aromatic heterocycles. The van der Waals surface area contributed by atoms with Crippen LogP contribution in [0.5, 0.6) is 0 Å². The van der Waals surface area contributed by atoms with Crippen molar-refractivity contribution in [1.29, 1.82) is 0 Å². The van der Waals surface area contributed by atoms with Crippen LogP contribution in [-0.2, 0) is 5.41 Å². The van der Waals surface area contributed by atoms with Gasteiger partial charge in [0, 0.05) is 22.8 Å². The molecule has 5 rings (SSSR count). The van der Waals surface area contributed by atoms with Crippen LogP contribution in [0.3, 0.4) is 0 Å². The number of fused-ring (bicyclic) bond motifs is 3. The van der Waals surface area contributed by atoms with E-state index in [-0.39, 0.29) is 11.6 Å². The molecule has 2 unspecified atom stereocenters. The summed E-state index contributed by atoms with van der Waals surface area (Å²) >= 11 is 0. The number of hydrogen-bond donors (Lipinski definition) is 0. The van der Waals surface area contributed by atoms with Gasteiger partial charge in [0.15, 0.2) is 0 Å². The summed E-state index contributed by atoms with van der Waals surface area (Å²) in [5.74, 6) is 0. The molecule has 2 nitrogen and oxygen atoms in total. The Morgan fingerprint density at radius 3 is 2.04 bits per heavy atom. The fourth-order valence-electron chi connectivity index (χ4n) is 5.68. The lowest BCUT2D eigenvalue weighted by molar-refractivity contribution is 0.411. The van der Waals surface area contributed by atoms with Gasteiger partial charge < -0.3 is 9.80 Å². The molecule has 28 heavy (non-hydrogen) atoms. The van der Waals surface area contributed by atoms with Crippen LogP contribution in [0, 0.1) is 6.92 Å². The van der Waals surface area contributed by atoms with E-state index in [0.717, 1.165) is 0 Å². The zero-order valence-corrected chi connectivity index (χ0v) is 17.1. The van der Waals surface area contributed by atoms with Crippen molar-refractivity contribution in [3.05, 3.63) is 95.6 Å². The van der Waals surface area contributed by atoms with Gasteiger partial charge in [0.1, 0.15) is 6.17 Å². The van der Waals surface area contributed by atoms with E-state index in [1.54, 1.807) is 0 Å². The van der Waals surface area contributed by atoms with E-state index in [2.05, 4.69) is 116 Å². The third kappa shape index (κ3) is 2.27. The van der Waals surface area contributed by atoms with E-state index < -0.39 is 0 Å². The molecule has 2 heterocycles. The molecule has 1 saturated heterocycles. The smallest absolute Gasteiger partial charge is 0.129 e. The fourth-order valence-corrected chi connectivity index (χ4v) is 5.68. The van der Waals surface area contributed by atoms with Crippen LogP contribution >= 0.6 is 0 Å². The highest BCUT2D eigenvalue weighted by Crippen LogP contribution is 2.56. The van der Waals surface area contributed by atoms with Crippen LogP contribution in [0.25, 0.3) is 0 Å². The quantitative estimate of drug-likeness (QED) is 0.542. The molecule has 0 radical (unpaired) electrons. The first-order chi connectivity index (χ1) is 13.5. The second-order valence-electron chi connectivity index (χ2n) is 8.81. The predicted molar refractivity (Wildman–Crippen MR) is 118 cm³/mol. The first kappa shape index (κ1) is 17.4. The Kier molecular flexibility index (Phi) is 3.80. The van der Waals surface area contributed by atoms with Gasteiger partial charge in [0.2, 0.25) is 0 Å². The summed E-state index contributed by atoms with van der Waals surface area (Å²) in [6, 6.07) is 29.6. The molecule has 2 aliphatic heterocycles. The molecule has 0 amide bonds. The first-order valence-corrected chi connectivity index (χ1v) is 10.3. The van der Waals surface area contributed by atoms with Crippen LogP contribution in [-0.4, -0.2) is 12.1 Å². The zero-order chi connectivity index (χ0) is 19.5. The van der Waals surface area contributed by atoms with Crippen molar-refractivity contribution in [1.82, 2.24) is 0 Å². The largest absolute Gasteiger partial charge is 0.342 e. The summed E-state index contributed by atoms with van der Waals surface area (Å²) in [5.41, 5.74) is 6.98. The topological polar surface area (TPSA) is 6.48 Å². The first-order valence-electron chi connectivity index (χ1n) is 10.3. The zero-order valence-electron chi connectivity index (χ0n) is 17.1. The average molecular weight is 369 g/mol. The van der Waals surface area contributed by atoms with Gasteiger partial charge in [-0.2, -0.15) is 0 Å². The van der Waals surface area contributed by atoms with Crippen molar-refractivity contribution in [2.75, 3.05) is 9.80 Å². The predicted octanol–water partition coefficient (Wildman–Crippen LogP) is 6.07. The normalized spacial score (nSPS) is 24.9. The molecule has 2 aliphatic rings. The Morgan fingerprint density at radius 1 is 0.714 bits per heavy atom. The highest BCUT2D eigenvalue weighted by atomic mass is 15.5. The molecule has 0 spiro atoms. The van der Waals surface area contributed by atoms with E-state index >= 15 is 0 Å². The SMILES string of the molecule is Cc1ccccc1N1C(c2ccccc2)N2c3ccccc3C(C)(C)C2[C@@H]1C. The second-order valence-corrected chi connectivity index (χ2v) is 8.81. The number of para-hydroxylation sites is 2. The number of rotatable bonds is 2. The summed E-state index contributed by atoms with van der Waals surface area (Å²) in [7, 11) is 0. The molecule has 2 heteroatoms. The maximum atomic E-state index is 2.68. The molecule has 3 aromatic carbocycles. The van der Waals surface area contributed by atoms with Crippen molar-refractivity contribution in [2.45, 2.75) is 51.4 Å². The van der Waals surface area contributed by atoms with Crippen LogP contribution in [0.15, 0.2) is 78.9 Å². The highest BCUT2D eigenvalue weighted by Gasteiger charge is 2.57. The lowest BCUT2D eigenvalue weighted by Gasteiger charge is -2.35.